The fraction of sp³-hybridized carbons (Fsp3) is 0.550. The molecule has 0 fully saturated rings. The van der Waals surface area contributed by atoms with Crippen LogP contribution in [0.2, 0.25) is 0 Å². The quantitative estimate of drug-likeness (QED) is 0.305. The number of carbonyl (C=O) groups excluding carboxylic acids is 2. The summed E-state index contributed by atoms with van der Waals surface area (Å²) in [4.78, 5) is 28.1. The molecule has 0 heterocycles. The van der Waals surface area contributed by atoms with Crippen LogP contribution in [0.1, 0.15) is 45.1 Å². The first-order valence-electron chi connectivity index (χ1n) is 9.11. The molecule has 144 valence electrons. The number of hydrogen-bond donors (Lipinski definition) is 0. The van der Waals surface area contributed by atoms with E-state index < -0.39 is 0 Å². The van der Waals surface area contributed by atoms with Crippen LogP contribution < -0.4 is 9.47 Å². The lowest BCUT2D eigenvalue weighted by Crippen LogP contribution is -2.35. The van der Waals surface area contributed by atoms with E-state index in [2.05, 4.69) is 4.99 Å². The Balaban J connectivity index is 2.99. The van der Waals surface area contributed by atoms with Gasteiger partial charge >= 0.3 is 0 Å². The maximum absolute atomic E-state index is 11.3. The number of aryl methyl sites for hydroxylation is 1. The van der Waals surface area contributed by atoms with E-state index in [1.807, 2.05) is 39.1 Å². The van der Waals surface area contributed by atoms with E-state index in [9.17, 15) is 9.59 Å². The highest BCUT2D eigenvalue weighted by atomic mass is 16.5. The predicted molar refractivity (Wildman–Crippen MR) is 104 cm³/mol. The van der Waals surface area contributed by atoms with Gasteiger partial charge in [0.25, 0.3) is 0 Å². The summed E-state index contributed by atoms with van der Waals surface area (Å²) >= 11 is 0. The summed E-state index contributed by atoms with van der Waals surface area (Å²) in [6.07, 6.45) is 6.40. The monoisotopic (exact) mass is 362 g/mol. The van der Waals surface area contributed by atoms with Crippen LogP contribution in [-0.2, 0) is 9.59 Å². The molecule has 1 amide bonds. The standard InChI is InChI=1S/C20H30N2O4/c1-5-9-22(15-24)17(6-2)14-21-18-13-20(26-11-8-7-10-23)19(25-4)12-16(18)3/h10,12-15,17H,5-9,11H2,1-4H3. The summed E-state index contributed by atoms with van der Waals surface area (Å²) in [7, 11) is 1.59. The van der Waals surface area contributed by atoms with Gasteiger partial charge in [-0.3, -0.25) is 9.79 Å². The highest BCUT2D eigenvalue weighted by Crippen LogP contribution is 2.34. The number of nitrogens with zero attached hydrogens (tertiary/aromatic N) is 2. The molecule has 0 bridgehead atoms. The van der Waals surface area contributed by atoms with Gasteiger partial charge in [0.15, 0.2) is 11.5 Å². The number of amides is 1. The maximum atomic E-state index is 11.3. The number of methoxy groups -OCH3 is 1. The molecule has 1 aromatic rings. The van der Waals surface area contributed by atoms with Crippen molar-refractivity contribution in [3.63, 3.8) is 0 Å². The normalized spacial score (nSPS) is 12.0. The topological polar surface area (TPSA) is 68.2 Å². The third kappa shape index (κ3) is 6.50. The van der Waals surface area contributed by atoms with Crippen molar-refractivity contribution in [1.29, 1.82) is 0 Å². The van der Waals surface area contributed by atoms with Crippen LogP contribution in [0.5, 0.6) is 11.5 Å². The summed E-state index contributed by atoms with van der Waals surface area (Å²) in [5.41, 5.74) is 1.73. The van der Waals surface area contributed by atoms with Gasteiger partial charge in [0, 0.05) is 25.2 Å². The van der Waals surface area contributed by atoms with Crippen molar-refractivity contribution in [2.75, 3.05) is 20.3 Å². The molecule has 6 nitrogen and oxygen atoms in total. The molecule has 1 aromatic carbocycles. The fourth-order valence-corrected chi connectivity index (χ4v) is 2.56. The van der Waals surface area contributed by atoms with Gasteiger partial charge in [0.2, 0.25) is 6.41 Å². The first-order valence-corrected chi connectivity index (χ1v) is 9.11. The lowest BCUT2D eigenvalue weighted by molar-refractivity contribution is -0.119. The molecule has 0 radical (unpaired) electrons. The Hall–Kier alpha value is -2.37. The molecule has 0 spiro atoms. The number of aliphatic imine (C=N–C) groups is 1. The average Bonchev–Trinajstić information content (AvgIpc) is 2.66. The second-order valence-electron chi connectivity index (χ2n) is 6.04. The Labute approximate surface area is 156 Å². The van der Waals surface area contributed by atoms with Crippen molar-refractivity contribution in [2.45, 2.75) is 52.5 Å². The number of benzene rings is 1. The second-order valence-corrected chi connectivity index (χ2v) is 6.04. The van der Waals surface area contributed by atoms with Crippen LogP contribution in [0, 0.1) is 6.92 Å². The van der Waals surface area contributed by atoms with Gasteiger partial charge in [-0.15, -0.1) is 0 Å². The third-order valence-corrected chi connectivity index (χ3v) is 4.05. The molecular weight excluding hydrogens is 332 g/mol. The summed E-state index contributed by atoms with van der Waals surface area (Å²) in [6, 6.07) is 3.68. The molecule has 1 unspecified atom stereocenters. The van der Waals surface area contributed by atoms with Crippen LogP contribution in [0.3, 0.4) is 0 Å². The maximum Gasteiger partial charge on any atom is 0.210 e. The van der Waals surface area contributed by atoms with Gasteiger partial charge in [-0.25, -0.2) is 0 Å². The Kier molecular flexibility index (Phi) is 10.1. The van der Waals surface area contributed by atoms with Gasteiger partial charge in [0.05, 0.1) is 25.4 Å². The average molecular weight is 362 g/mol. The Morgan fingerprint density at radius 3 is 2.58 bits per heavy atom. The van der Waals surface area contributed by atoms with Crippen molar-refractivity contribution < 1.29 is 19.1 Å². The van der Waals surface area contributed by atoms with E-state index in [4.69, 9.17) is 9.47 Å². The zero-order valence-corrected chi connectivity index (χ0v) is 16.2. The zero-order chi connectivity index (χ0) is 19.4. The minimum absolute atomic E-state index is 0.0362. The summed E-state index contributed by atoms with van der Waals surface area (Å²) in [5, 5.41) is 0. The van der Waals surface area contributed by atoms with Crippen molar-refractivity contribution in [3.8, 4) is 11.5 Å². The van der Waals surface area contributed by atoms with Crippen LogP contribution in [0.15, 0.2) is 17.1 Å². The molecule has 0 N–H and O–H groups in total. The van der Waals surface area contributed by atoms with Crippen molar-refractivity contribution >= 4 is 24.6 Å². The summed E-state index contributed by atoms with van der Waals surface area (Å²) in [5.74, 6) is 1.24. The van der Waals surface area contributed by atoms with Crippen molar-refractivity contribution in [2.24, 2.45) is 4.99 Å². The molecule has 26 heavy (non-hydrogen) atoms. The van der Waals surface area contributed by atoms with E-state index >= 15 is 0 Å². The van der Waals surface area contributed by atoms with E-state index in [1.165, 1.54) is 0 Å². The molecular formula is C20H30N2O4. The van der Waals surface area contributed by atoms with E-state index in [0.29, 0.717) is 37.5 Å². The van der Waals surface area contributed by atoms with Gasteiger partial charge in [-0.1, -0.05) is 13.8 Å². The molecule has 1 atom stereocenters. The Bertz CT molecular complexity index is 602. The lowest BCUT2D eigenvalue weighted by atomic mass is 10.1. The molecule has 0 aliphatic rings. The molecule has 1 rings (SSSR count). The van der Waals surface area contributed by atoms with E-state index in [-0.39, 0.29) is 6.04 Å². The largest absolute Gasteiger partial charge is 0.493 e. The molecule has 0 saturated carbocycles. The number of unbranched alkanes of at least 4 members (excludes halogenated alkanes) is 1. The SMILES string of the molecule is CCCN(C=O)C(C=Nc1cc(OCCCC=O)c(OC)cc1C)CC. The highest BCUT2D eigenvalue weighted by molar-refractivity contribution is 5.73. The molecule has 0 aliphatic carbocycles. The first kappa shape index (κ1) is 21.7. The number of rotatable bonds is 13. The number of hydrogen-bond acceptors (Lipinski definition) is 5. The molecule has 0 aromatic heterocycles. The van der Waals surface area contributed by atoms with E-state index in [1.54, 1.807) is 12.0 Å². The minimum atomic E-state index is -0.0362. The number of ether oxygens (including phenoxy) is 2. The Morgan fingerprint density at radius 2 is 2.00 bits per heavy atom. The van der Waals surface area contributed by atoms with Crippen LogP contribution in [0.25, 0.3) is 0 Å². The van der Waals surface area contributed by atoms with Gasteiger partial charge in [-0.05, 0) is 37.8 Å². The van der Waals surface area contributed by atoms with Crippen LogP contribution in [0.4, 0.5) is 5.69 Å². The number of aldehydes is 1. The van der Waals surface area contributed by atoms with Crippen molar-refractivity contribution in [1.82, 2.24) is 4.90 Å². The summed E-state index contributed by atoms with van der Waals surface area (Å²) in [6.45, 7) is 7.18. The molecule has 0 saturated heterocycles. The van der Waals surface area contributed by atoms with Gasteiger partial charge in [0.1, 0.15) is 6.29 Å². The van der Waals surface area contributed by atoms with Crippen LogP contribution in [-0.4, -0.2) is 50.1 Å². The number of carbonyl (C=O) groups is 2. The zero-order valence-electron chi connectivity index (χ0n) is 16.2. The van der Waals surface area contributed by atoms with Crippen molar-refractivity contribution in [3.05, 3.63) is 17.7 Å². The summed E-state index contributed by atoms with van der Waals surface area (Å²) < 4.78 is 11.1. The third-order valence-electron chi connectivity index (χ3n) is 4.05. The van der Waals surface area contributed by atoms with Gasteiger partial charge < -0.3 is 19.2 Å². The predicted octanol–water partition coefficient (Wildman–Crippen LogP) is 3.71. The lowest BCUT2D eigenvalue weighted by Gasteiger charge is -2.23. The van der Waals surface area contributed by atoms with E-state index in [0.717, 1.165) is 36.8 Å². The first-order chi connectivity index (χ1) is 12.6. The molecule has 0 aliphatic heterocycles. The fourth-order valence-electron chi connectivity index (χ4n) is 2.56. The highest BCUT2D eigenvalue weighted by Gasteiger charge is 2.13. The Morgan fingerprint density at radius 1 is 1.23 bits per heavy atom. The molecule has 6 heteroatoms. The smallest absolute Gasteiger partial charge is 0.210 e. The minimum Gasteiger partial charge on any atom is -0.493 e. The van der Waals surface area contributed by atoms with Gasteiger partial charge in [-0.2, -0.15) is 0 Å². The van der Waals surface area contributed by atoms with Crippen LogP contribution >= 0.6 is 0 Å². The second kappa shape index (κ2) is 12.1.